The van der Waals surface area contributed by atoms with Crippen LogP contribution in [0, 0.1) is 17.0 Å². The molecule has 0 radical (unpaired) electrons. The summed E-state index contributed by atoms with van der Waals surface area (Å²) in [5.74, 6) is -0.105. The van der Waals surface area contributed by atoms with Gasteiger partial charge in [-0.15, -0.1) is 11.3 Å². The number of amides is 1. The Morgan fingerprint density at radius 3 is 2.88 bits per heavy atom. The Bertz CT molecular complexity index is 1280. The van der Waals surface area contributed by atoms with Gasteiger partial charge in [-0.3, -0.25) is 4.79 Å². The van der Waals surface area contributed by atoms with Gasteiger partial charge in [0.1, 0.15) is 11.6 Å². The number of nitrogens with one attached hydrogen (secondary N) is 1. The van der Waals surface area contributed by atoms with Gasteiger partial charge in [-0.2, -0.15) is 0 Å². The zero-order valence-electron chi connectivity index (χ0n) is 18.1. The van der Waals surface area contributed by atoms with Gasteiger partial charge in [0.25, 0.3) is 6.71 Å². The molecule has 0 bridgehead atoms. The smallest absolute Gasteiger partial charge is 0.340 e. The van der Waals surface area contributed by atoms with E-state index in [1.165, 1.54) is 23.5 Å². The van der Waals surface area contributed by atoms with E-state index in [2.05, 4.69) is 21.0 Å². The maximum absolute atomic E-state index is 14.3. The van der Waals surface area contributed by atoms with Crippen LogP contribution in [0.4, 0.5) is 9.52 Å². The predicted molar refractivity (Wildman–Crippen MR) is 124 cm³/mol. The summed E-state index contributed by atoms with van der Waals surface area (Å²) >= 11 is 1.30. The number of nitrogens with zero attached hydrogens (tertiary/aromatic N) is 2. The van der Waals surface area contributed by atoms with Crippen LogP contribution in [0.25, 0.3) is 0 Å². The molecule has 0 spiro atoms. The molecular formula is C23H19BFN3O5S. The van der Waals surface area contributed by atoms with E-state index >= 15 is 0 Å². The highest BCUT2D eigenvalue weighted by Gasteiger charge is 2.36. The number of fused-ring (bicyclic) bond motifs is 1. The number of aryl methyl sites for hydroxylation is 1. The fourth-order valence-corrected chi connectivity index (χ4v) is 4.57. The fourth-order valence-electron chi connectivity index (χ4n) is 4.02. The highest BCUT2D eigenvalue weighted by molar-refractivity contribution is 7.13. The van der Waals surface area contributed by atoms with Crippen molar-refractivity contribution in [1.82, 2.24) is 4.98 Å². The van der Waals surface area contributed by atoms with Crippen LogP contribution in [0.15, 0.2) is 41.9 Å². The zero-order chi connectivity index (χ0) is 24.2. The third-order valence-corrected chi connectivity index (χ3v) is 6.34. The van der Waals surface area contributed by atoms with Crippen molar-refractivity contribution in [3.05, 3.63) is 64.4 Å². The molecule has 34 heavy (non-hydrogen) atoms. The van der Waals surface area contributed by atoms with Crippen molar-refractivity contribution in [3.63, 3.8) is 0 Å². The number of anilines is 1. The van der Waals surface area contributed by atoms with Crippen LogP contribution in [0.1, 0.15) is 33.7 Å². The van der Waals surface area contributed by atoms with Crippen LogP contribution in [0.5, 0.6) is 17.2 Å². The highest BCUT2D eigenvalue weighted by Crippen LogP contribution is 2.41. The van der Waals surface area contributed by atoms with E-state index in [1.54, 1.807) is 23.7 Å². The number of ether oxygens (including phenoxy) is 2. The van der Waals surface area contributed by atoms with Gasteiger partial charge in [0, 0.05) is 30.0 Å². The molecule has 8 nitrogen and oxygen atoms in total. The number of thiazole rings is 1. The molecule has 0 aliphatic carbocycles. The lowest BCUT2D eigenvalue weighted by molar-refractivity contribution is -0.116. The molecule has 0 saturated carbocycles. The highest BCUT2D eigenvalue weighted by atomic mass is 32.1. The summed E-state index contributed by atoms with van der Waals surface area (Å²) in [6, 6.07) is 6.75. The van der Waals surface area contributed by atoms with Crippen molar-refractivity contribution < 1.29 is 28.6 Å². The number of rotatable bonds is 6. The topological polar surface area (TPSA) is 122 Å². The van der Waals surface area contributed by atoms with Crippen LogP contribution in [-0.4, -0.2) is 35.8 Å². The number of aromatic hydroxyl groups is 1. The number of carbonyl (C=O) groups excluding carboxylic acids is 2. The molecule has 1 atom stereocenters. The minimum atomic E-state index is -0.830. The molecule has 2 aromatic carbocycles. The zero-order valence-corrected chi connectivity index (χ0v) is 18.9. The molecule has 0 fully saturated rings. The Morgan fingerprint density at radius 1 is 1.38 bits per heavy atom. The van der Waals surface area contributed by atoms with Crippen molar-refractivity contribution in [2.45, 2.75) is 25.0 Å². The summed E-state index contributed by atoms with van der Waals surface area (Å²) in [5.41, 5.74) is 1.29. The second-order valence-corrected chi connectivity index (χ2v) is 8.62. The van der Waals surface area contributed by atoms with E-state index in [0.717, 1.165) is 18.7 Å². The number of aromatic nitrogens is 1. The minimum Gasteiger partial charge on any atom is -0.504 e. The van der Waals surface area contributed by atoms with Gasteiger partial charge < -0.3 is 19.9 Å². The molecule has 3 aromatic rings. The summed E-state index contributed by atoms with van der Waals surface area (Å²) in [5, 5.41) is 25.1. The van der Waals surface area contributed by atoms with E-state index in [-0.39, 0.29) is 35.1 Å². The molecular weight excluding hydrogens is 460 g/mol. The largest absolute Gasteiger partial charge is 0.504 e. The van der Waals surface area contributed by atoms with Gasteiger partial charge in [0.05, 0.1) is 12.7 Å². The number of phenols is 1. The van der Waals surface area contributed by atoms with Crippen LogP contribution in [0.2, 0.25) is 6.32 Å². The minimum absolute atomic E-state index is 0.0490. The first-order valence-corrected chi connectivity index (χ1v) is 11.3. The van der Waals surface area contributed by atoms with Crippen molar-refractivity contribution in [2.75, 3.05) is 12.4 Å². The van der Waals surface area contributed by atoms with Crippen LogP contribution in [-0.2, 0) is 16.0 Å². The first-order chi connectivity index (χ1) is 16.4. The molecule has 2 N–H and O–H groups in total. The molecule has 11 heteroatoms. The standard InChI is InChI=1S/C23H19BFN3O5S/c1-32-22(31)15-3-2-14(9-18(15)25)33-20-10-16-13(8-19(20)29)4-5-24(12-26)17(16)11-21(30)28-23-27-6-7-34-23/h2-3,6-10,17,29H,4-5,11H2,1H3,(H,27,28,30). The lowest BCUT2D eigenvalue weighted by atomic mass is 9.35. The molecule has 1 aromatic heterocycles. The maximum Gasteiger partial charge on any atom is 0.340 e. The predicted octanol–water partition coefficient (Wildman–Crippen LogP) is 4.33. The van der Waals surface area contributed by atoms with Crippen LogP contribution < -0.4 is 10.1 Å². The summed E-state index contributed by atoms with van der Waals surface area (Å²) in [6.07, 6.45) is 2.76. The number of benzene rings is 2. The van der Waals surface area contributed by atoms with Crippen molar-refractivity contribution in [2.24, 2.45) is 0 Å². The molecule has 1 amide bonds. The van der Waals surface area contributed by atoms with Gasteiger partial charge in [-0.25, -0.2) is 19.4 Å². The van der Waals surface area contributed by atoms with Gasteiger partial charge >= 0.3 is 5.97 Å². The Labute approximate surface area is 199 Å². The van der Waals surface area contributed by atoms with Crippen molar-refractivity contribution in [3.8, 4) is 23.2 Å². The van der Waals surface area contributed by atoms with Gasteiger partial charge in [0.15, 0.2) is 16.6 Å². The number of methoxy groups -OCH3 is 1. The number of nitriles is 1. The third kappa shape index (κ3) is 4.87. The lowest BCUT2D eigenvalue weighted by Crippen LogP contribution is -2.31. The molecule has 0 saturated heterocycles. The van der Waals surface area contributed by atoms with Crippen molar-refractivity contribution in [1.29, 1.82) is 5.26 Å². The summed E-state index contributed by atoms with van der Waals surface area (Å²) in [6.45, 7) is -0.399. The van der Waals surface area contributed by atoms with Gasteiger partial charge in [-0.1, -0.05) is 6.32 Å². The molecule has 1 aliphatic rings. The number of halogens is 1. The third-order valence-electron chi connectivity index (χ3n) is 5.65. The summed E-state index contributed by atoms with van der Waals surface area (Å²) < 4.78 is 24.5. The monoisotopic (exact) mass is 479 g/mol. The van der Waals surface area contributed by atoms with E-state index in [0.29, 0.717) is 23.4 Å². The van der Waals surface area contributed by atoms with E-state index in [1.807, 2.05) is 0 Å². The second kappa shape index (κ2) is 9.93. The van der Waals surface area contributed by atoms with E-state index < -0.39 is 24.3 Å². The maximum atomic E-state index is 14.3. The Kier molecular flexibility index (Phi) is 6.79. The van der Waals surface area contributed by atoms with Crippen LogP contribution in [0.3, 0.4) is 0 Å². The lowest BCUT2D eigenvalue weighted by Gasteiger charge is -2.28. The van der Waals surface area contributed by atoms with Crippen molar-refractivity contribution >= 4 is 35.1 Å². The molecule has 172 valence electrons. The Morgan fingerprint density at radius 2 is 2.21 bits per heavy atom. The Balaban J connectivity index is 1.61. The average molecular weight is 479 g/mol. The molecule has 1 unspecified atom stereocenters. The van der Waals surface area contributed by atoms with Gasteiger partial charge in [0.2, 0.25) is 5.91 Å². The molecule has 2 heterocycles. The van der Waals surface area contributed by atoms with Crippen LogP contribution >= 0.6 is 11.3 Å². The second-order valence-electron chi connectivity index (χ2n) is 7.72. The average Bonchev–Trinajstić information content (AvgIpc) is 3.32. The normalized spacial score (nSPS) is 14.6. The first-order valence-electron chi connectivity index (χ1n) is 10.4. The first kappa shape index (κ1) is 23.3. The van der Waals surface area contributed by atoms with Gasteiger partial charge in [-0.05, 0) is 47.6 Å². The summed E-state index contributed by atoms with van der Waals surface area (Å²) in [4.78, 5) is 28.3. The van der Waals surface area contributed by atoms with E-state index in [9.17, 15) is 24.3 Å². The fraction of sp³-hybridized carbons (Fsp3) is 0.217. The molecule has 1 aliphatic heterocycles. The number of hydrogen-bond donors (Lipinski definition) is 2. The number of esters is 1. The Hall–Kier alpha value is -3.91. The quantitative estimate of drug-likeness (QED) is 0.399. The number of carbonyl (C=O) groups is 2. The van der Waals surface area contributed by atoms with E-state index in [4.69, 9.17) is 4.74 Å². The SMILES string of the molecule is COC(=O)c1ccc(Oc2cc3c(cc2O)CCB(C#N)C3CC(=O)Nc2nccs2)cc1F. The summed E-state index contributed by atoms with van der Waals surface area (Å²) in [7, 11) is 1.15. The number of phenolic OH excluding ortho intramolecular Hbond substituents is 1. The number of hydrogen-bond acceptors (Lipinski definition) is 8. The molecule has 4 rings (SSSR count).